The van der Waals surface area contributed by atoms with Gasteiger partial charge >= 0.3 is 0 Å². The van der Waals surface area contributed by atoms with Crippen molar-refractivity contribution in [2.24, 2.45) is 16.7 Å². The molecule has 1 aromatic carbocycles. The highest BCUT2D eigenvalue weighted by atomic mass is 16.2. The van der Waals surface area contributed by atoms with Crippen LogP contribution in [-0.2, 0) is 4.79 Å². The molecule has 160 valence electrons. The lowest BCUT2D eigenvalue weighted by Crippen LogP contribution is -2.41. The second-order valence-electron chi connectivity index (χ2n) is 9.86. The molecular formula is C24H32N4O2. The lowest BCUT2D eigenvalue weighted by Gasteiger charge is -2.33. The van der Waals surface area contributed by atoms with Crippen molar-refractivity contribution in [1.82, 2.24) is 14.7 Å². The zero-order chi connectivity index (χ0) is 21.7. The van der Waals surface area contributed by atoms with Crippen molar-refractivity contribution in [1.29, 1.82) is 0 Å². The van der Waals surface area contributed by atoms with Gasteiger partial charge in [-0.1, -0.05) is 45.9 Å². The van der Waals surface area contributed by atoms with Gasteiger partial charge in [0.2, 0.25) is 5.91 Å². The SMILES string of the molecule is Cc1ccccc1C(=O)Nc1ccnn1C1CCN(C(=O)C2C(C)(C)C2(C)C)CC1. The van der Waals surface area contributed by atoms with E-state index in [0.717, 1.165) is 31.5 Å². The molecule has 6 nitrogen and oxygen atoms in total. The van der Waals surface area contributed by atoms with Crippen LogP contribution in [0.3, 0.4) is 0 Å². The van der Waals surface area contributed by atoms with Crippen LogP contribution in [0.5, 0.6) is 0 Å². The number of carbonyl (C=O) groups excluding carboxylic acids is 2. The highest BCUT2D eigenvalue weighted by molar-refractivity contribution is 6.04. The van der Waals surface area contributed by atoms with Gasteiger partial charge in [-0.05, 0) is 42.2 Å². The molecule has 2 aliphatic rings. The van der Waals surface area contributed by atoms with Gasteiger partial charge in [0.1, 0.15) is 5.82 Å². The van der Waals surface area contributed by atoms with Gasteiger partial charge in [-0.25, -0.2) is 4.68 Å². The number of hydrogen-bond donors (Lipinski definition) is 1. The number of hydrogen-bond acceptors (Lipinski definition) is 3. The van der Waals surface area contributed by atoms with E-state index in [2.05, 4.69) is 38.1 Å². The maximum atomic E-state index is 13.0. The third kappa shape index (κ3) is 3.32. The van der Waals surface area contributed by atoms with Crippen LogP contribution in [-0.4, -0.2) is 39.6 Å². The Morgan fingerprint density at radius 3 is 2.27 bits per heavy atom. The van der Waals surface area contributed by atoms with Crippen LogP contribution in [0, 0.1) is 23.7 Å². The Morgan fingerprint density at radius 1 is 1.03 bits per heavy atom. The number of amides is 2. The Balaban J connectivity index is 1.40. The smallest absolute Gasteiger partial charge is 0.257 e. The minimum atomic E-state index is -0.124. The van der Waals surface area contributed by atoms with Crippen molar-refractivity contribution in [3.8, 4) is 0 Å². The summed E-state index contributed by atoms with van der Waals surface area (Å²) in [6, 6.07) is 9.57. The number of nitrogens with one attached hydrogen (secondary N) is 1. The van der Waals surface area contributed by atoms with Gasteiger partial charge in [-0.3, -0.25) is 9.59 Å². The third-order valence-corrected chi connectivity index (χ3v) is 7.69. The van der Waals surface area contributed by atoms with E-state index in [4.69, 9.17) is 0 Å². The largest absolute Gasteiger partial charge is 0.342 e. The van der Waals surface area contributed by atoms with Crippen LogP contribution >= 0.6 is 0 Å². The molecule has 6 heteroatoms. The van der Waals surface area contributed by atoms with Crippen LogP contribution in [0.1, 0.15) is 62.5 Å². The average molecular weight is 409 g/mol. The second-order valence-corrected chi connectivity index (χ2v) is 9.86. The first kappa shape index (κ1) is 20.6. The number of likely N-dealkylation sites (tertiary alicyclic amines) is 1. The quantitative estimate of drug-likeness (QED) is 0.821. The maximum Gasteiger partial charge on any atom is 0.257 e. The van der Waals surface area contributed by atoms with E-state index < -0.39 is 0 Å². The lowest BCUT2D eigenvalue weighted by atomic mass is 10.0. The van der Waals surface area contributed by atoms with Gasteiger partial charge in [-0.15, -0.1) is 0 Å². The zero-order valence-corrected chi connectivity index (χ0v) is 18.6. The fourth-order valence-electron chi connectivity index (χ4n) is 5.04. The predicted molar refractivity (Wildman–Crippen MR) is 117 cm³/mol. The molecule has 1 saturated heterocycles. The predicted octanol–water partition coefficient (Wildman–Crippen LogP) is 4.29. The number of benzene rings is 1. The fourth-order valence-corrected chi connectivity index (χ4v) is 5.04. The molecule has 1 aromatic heterocycles. The second kappa shape index (κ2) is 7.25. The van der Waals surface area contributed by atoms with E-state index in [1.54, 1.807) is 6.20 Å². The molecule has 1 aliphatic carbocycles. The number of piperidine rings is 1. The van der Waals surface area contributed by atoms with Crippen molar-refractivity contribution in [3.05, 3.63) is 47.7 Å². The summed E-state index contributed by atoms with van der Waals surface area (Å²) in [7, 11) is 0. The Morgan fingerprint density at radius 2 is 1.67 bits per heavy atom. The number of aromatic nitrogens is 2. The Kier molecular flexibility index (Phi) is 4.99. The third-order valence-electron chi connectivity index (χ3n) is 7.69. The molecule has 2 amide bonds. The highest BCUT2D eigenvalue weighted by Gasteiger charge is 2.68. The van der Waals surface area contributed by atoms with E-state index in [1.165, 1.54) is 0 Å². The van der Waals surface area contributed by atoms with Crippen molar-refractivity contribution in [2.75, 3.05) is 18.4 Å². The van der Waals surface area contributed by atoms with E-state index in [9.17, 15) is 9.59 Å². The number of rotatable bonds is 4. The molecule has 2 aromatic rings. The molecule has 0 bridgehead atoms. The van der Waals surface area contributed by atoms with Gasteiger partial charge < -0.3 is 10.2 Å². The standard InChI is InChI=1S/C24H32N4O2/c1-16-8-6-7-9-18(16)21(29)26-19-10-13-25-28(19)17-11-14-27(15-12-17)22(30)20-23(2,3)24(20,4)5/h6-10,13,17,20H,11-12,14-15H2,1-5H3,(H,26,29). The molecule has 0 unspecified atom stereocenters. The highest BCUT2D eigenvalue weighted by Crippen LogP contribution is 2.68. The molecule has 0 atom stereocenters. The summed E-state index contributed by atoms with van der Waals surface area (Å²) in [5.41, 5.74) is 1.74. The molecule has 4 rings (SSSR count). The molecule has 0 spiro atoms. The molecule has 2 heterocycles. The number of anilines is 1. The van der Waals surface area contributed by atoms with E-state index in [1.807, 2.05) is 46.8 Å². The topological polar surface area (TPSA) is 67.2 Å². The van der Waals surface area contributed by atoms with Crippen LogP contribution in [0.15, 0.2) is 36.5 Å². The van der Waals surface area contributed by atoms with Crippen LogP contribution in [0.25, 0.3) is 0 Å². The molecule has 0 radical (unpaired) electrons. The van der Waals surface area contributed by atoms with E-state index >= 15 is 0 Å². The summed E-state index contributed by atoms with van der Waals surface area (Å²) in [6.45, 7) is 12.2. The summed E-state index contributed by atoms with van der Waals surface area (Å²) in [5, 5.41) is 7.48. The molecule has 30 heavy (non-hydrogen) atoms. The maximum absolute atomic E-state index is 13.0. The molecular weight excluding hydrogens is 376 g/mol. The Labute approximate surface area is 178 Å². The minimum Gasteiger partial charge on any atom is -0.342 e. The number of nitrogens with zero attached hydrogens (tertiary/aromatic N) is 3. The first-order chi connectivity index (χ1) is 14.1. The van der Waals surface area contributed by atoms with E-state index in [0.29, 0.717) is 11.4 Å². The summed E-state index contributed by atoms with van der Waals surface area (Å²) in [4.78, 5) is 27.8. The van der Waals surface area contributed by atoms with Crippen LogP contribution < -0.4 is 5.32 Å². The van der Waals surface area contributed by atoms with Crippen LogP contribution in [0.4, 0.5) is 5.82 Å². The van der Waals surface area contributed by atoms with Crippen molar-refractivity contribution in [3.63, 3.8) is 0 Å². The normalized spacial score (nSPS) is 20.8. The van der Waals surface area contributed by atoms with Gasteiger partial charge in [0, 0.05) is 30.6 Å². The number of carbonyl (C=O) groups is 2. The molecule has 2 fully saturated rings. The first-order valence-corrected chi connectivity index (χ1v) is 10.8. The van der Waals surface area contributed by atoms with Gasteiger partial charge in [-0.2, -0.15) is 5.10 Å². The summed E-state index contributed by atoms with van der Waals surface area (Å²) < 4.78 is 1.91. The van der Waals surface area contributed by atoms with Crippen molar-refractivity contribution >= 4 is 17.6 Å². The molecule has 1 N–H and O–H groups in total. The van der Waals surface area contributed by atoms with Gasteiger partial charge in [0.15, 0.2) is 0 Å². The number of aryl methyl sites for hydroxylation is 1. The average Bonchev–Trinajstić information content (AvgIpc) is 3.01. The first-order valence-electron chi connectivity index (χ1n) is 10.8. The zero-order valence-electron chi connectivity index (χ0n) is 18.6. The van der Waals surface area contributed by atoms with Gasteiger partial charge in [0.25, 0.3) is 5.91 Å². The fraction of sp³-hybridized carbons (Fsp3) is 0.542. The van der Waals surface area contributed by atoms with E-state index in [-0.39, 0.29) is 34.6 Å². The monoisotopic (exact) mass is 408 g/mol. The van der Waals surface area contributed by atoms with Crippen molar-refractivity contribution in [2.45, 2.75) is 53.5 Å². The Bertz CT molecular complexity index is 953. The van der Waals surface area contributed by atoms with Crippen LogP contribution in [0.2, 0.25) is 0 Å². The lowest BCUT2D eigenvalue weighted by molar-refractivity contribution is -0.135. The minimum absolute atomic E-state index is 0.0654. The summed E-state index contributed by atoms with van der Waals surface area (Å²) in [5.74, 6) is 0.977. The summed E-state index contributed by atoms with van der Waals surface area (Å²) in [6.07, 6.45) is 3.41. The summed E-state index contributed by atoms with van der Waals surface area (Å²) >= 11 is 0. The molecule has 1 saturated carbocycles. The van der Waals surface area contributed by atoms with Gasteiger partial charge in [0.05, 0.1) is 12.2 Å². The van der Waals surface area contributed by atoms with Crippen molar-refractivity contribution < 1.29 is 9.59 Å². The molecule has 1 aliphatic heterocycles. The Hall–Kier alpha value is -2.63.